The number of aromatic nitrogens is 4. The molecule has 0 bridgehead atoms. The van der Waals surface area contributed by atoms with Crippen LogP contribution in [0.4, 0.5) is 5.95 Å². The third-order valence-corrected chi connectivity index (χ3v) is 3.65. The summed E-state index contributed by atoms with van der Waals surface area (Å²) < 4.78 is 12.7. The Morgan fingerprint density at radius 1 is 1.54 bits per heavy atom. The predicted molar refractivity (Wildman–Crippen MR) is 93.1 cm³/mol. The van der Waals surface area contributed by atoms with Crippen LogP contribution in [0, 0.1) is 5.92 Å². The maximum Gasteiger partial charge on any atom is 0.302 e. The van der Waals surface area contributed by atoms with Crippen LogP contribution < -0.4 is 11.3 Å². The molecule has 0 saturated carbocycles. The number of H-pyrrole nitrogens is 1. The highest BCUT2D eigenvalue weighted by atomic mass is 16.5. The van der Waals surface area contributed by atoms with Gasteiger partial charge in [-0.15, -0.1) is 0 Å². The summed E-state index contributed by atoms with van der Waals surface area (Å²) in [5.74, 6) is 0.207. The van der Waals surface area contributed by atoms with E-state index in [2.05, 4.69) is 25.0 Å². The summed E-state index contributed by atoms with van der Waals surface area (Å²) in [6.07, 6.45) is 1.61. The molecular weight excluding hydrogens is 344 g/mol. The first-order chi connectivity index (χ1) is 12.5. The number of fused-ring (bicyclic) bond motifs is 1. The summed E-state index contributed by atoms with van der Waals surface area (Å²) in [6.45, 7) is 2.90. The Bertz CT molecular complexity index is 813. The van der Waals surface area contributed by atoms with Gasteiger partial charge in [-0.25, -0.2) is 4.98 Å². The topological polar surface area (TPSA) is 177 Å². The summed E-state index contributed by atoms with van der Waals surface area (Å²) in [6, 6.07) is 0. The van der Waals surface area contributed by atoms with Gasteiger partial charge in [0.2, 0.25) is 5.95 Å². The highest BCUT2D eigenvalue weighted by Gasteiger charge is 2.13. The number of azide groups is 1. The number of rotatable bonds is 11. The number of aliphatic hydroxyl groups is 1. The first-order valence-corrected chi connectivity index (χ1v) is 8.06. The molecule has 12 nitrogen and oxygen atoms in total. The molecule has 142 valence electrons. The molecular formula is C14H22N8O4. The Morgan fingerprint density at radius 2 is 2.35 bits per heavy atom. The number of hydrogen-bond donors (Lipinski definition) is 3. The molecule has 0 fully saturated rings. The van der Waals surface area contributed by atoms with Crippen LogP contribution in [0.25, 0.3) is 21.6 Å². The van der Waals surface area contributed by atoms with E-state index >= 15 is 0 Å². The Balaban J connectivity index is 1.83. The van der Waals surface area contributed by atoms with Gasteiger partial charge < -0.3 is 25.3 Å². The third kappa shape index (κ3) is 5.43. The van der Waals surface area contributed by atoms with E-state index in [1.165, 1.54) is 6.33 Å². The van der Waals surface area contributed by atoms with E-state index in [4.69, 9.17) is 20.7 Å². The fraction of sp³-hybridized carbons (Fsp3) is 0.643. The first-order valence-electron chi connectivity index (χ1n) is 8.06. The molecule has 2 rings (SSSR count). The number of nitrogens with zero attached hydrogens (tertiary/aromatic N) is 6. The van der Waals surface area contributed by atoms with Crippen LogP contribution in [-0.4, -0.2) is 57.1 Å². The Kier molecular flexibility index (Phi) is 7.36. The molecule has 2 unspecified atom stereocenters. The van der Waals surface area contributed by atoms with Gasteiger partial charge in [0.1, 0.15) is 18.5 Å². The minimum Gasteiger partial charge on any atom is -0.394 e. The smallest absolute Gasteiger partial charge is 0.302 e. The number of hydrogen-bond acceptors (Lipinski definition) is 8. The summed E-state index contributed by atoms with van der Waals surface area (Å²) >= 11 is 0. The van der Waals surface area contributed by atoms with Crippen LogP contribution in [0.3, 0.4) is 0 Å². The molecule has 2 atom stereocenters. The number of nitrogens with one attached hydrogen (secondary N) is 1. The average molecular weight is 366 g/mol. The fourth-order valence-electron chi connectivity index (χ4n) is 2.23. The Morgan fingerprint density at radius 3 is 3.08 bits per heavy atom. The molecule has 2 aromatic rings. The lowest BCUT2D eigenvalue weighted by atomic mass is 10.1. The molecule has 2 aromatic heterocycles. The zero-order valence-corrected chi connectivity index (χ0v) is 14.4. The predicted octanol–water partition coefficient (Wildman–Crippen LogP) is 0.390. The maximum atomic E-state index is 11.7. The van der Waals surface area contributed by atoms with Crippen molar-refractivity contribution in [1.82, 2.24) is 19.5 Å². The SMILES string of the molecule is CC(CCN=[N+]=[N-])COCC(CO)OCn1cnc2c(=O)nc(N)[nH]c21. The molecule has 0 aromatic carbocycles. The second-order valence-corrected chi connectivity index (χ2v) is 5.82. The zero-order chi connectivity index (χ0) is 18.9. The Hall–Kier alpha value is -2.66. The molecule has 26 heavy (non-hydrogen) atoms. The van der Waals surface area contributed by atoms with Crippen molar-refractivity contribution in [3.8, 4) is 0 Å². The van der Waals surface area contributed by atoms with Gasteiger partial charge in [0.05, 0.1) is 19.5 Å². The second-order valence-electron chi connectivity index (χ2n) is 5.82. The van der Waals surface area contributed by atoms with Gasteiger partial charge in [-0.1, -0.05) is 12.0 Å². The Labute approximate surface area is 148 Å². The number of aliphatic hydroxyl groups excluding tert-OH is 1. The van der Waals surface area contributed by atoms with E-state index in [1.54, 1.807) is 4.57 Å². The number of nitrogen functional groups attached to an aromatic ring is 1. The van der Waals surface area contributed by atoms with Crippen LogP contribution in [0.15, 0.2) is 16.2 Å². The molecule has 0 saturated heterocycles. The van der Waals surface area contributed by atoms with Gasteiger partial charge in [0, 0.05) is 18.1 Å². The number of ether oxygens (including phenoxy) is 2. The van der Waals surface area contributed by atoms with E-state index in [0.29, 0.717) is 18.8 Å². The minimum atomic E-state index is -0.539. The van der Waals surface area contributed by atoms with Gasteiger partial charge in [-0.05, 0) is 17.9 Å². The second kappa shape index (κ2) is 9.73. The van der Waals surface area contributed by atoms with Gasteiger partial charge in [0.25, 0.3) is 0 Å². The average Bonchev–Trinajstić information content (AvgIpc) is 3.01. The van der Waals surface area contributed by atoms with Gasteiger partial charge in [-0.2, -0.15) is 4.98 Å². The maximum absolute atomic E-state index is 11.7. The zero-order valence-electron chi connectivity index (χ0n) is 14.4. The summed E-state index contributed by atoms with van der Waals surface area (Å²) in [7, 11) is 0. The molecule has 0 aliphatic rings. The lowest BCUT2D eigenvalue weighted by Crippen LogP contribution is -2.26. The molecule has 0 aliphatic carbocycles. The molecule has 0 radical (unpaired) electrons. The van der Waals surface area contributed by atoms with Crippen LogP contribution in [-0.2, 0) is 16.2 Å². The number of nitrogens with two attached hydrogens (primary N) is 1. The molecule has 4 N–H and O–H groups in total. The van der Waals surface area contributed by atoms with Gasteiger partial charge in [-0.3, -0.25) is 9.36 Å². The molecule has 0 aliphatic heterocycles. The van der Waals surface area contributed by atoms with Crippen molar-refractivity contribution >= 4 is 17.1 Å². The third-order valence-electron chi connectivity index (χ3n) is 3.65. The minimum absolute atomic E-state index is 0.0130. The molecule has 2 heterocycles. The standard InChI is InChI=1S/C14H22N8O4/c1-9(2-3-18-21-16)5-25-6-10(4-23)26-8-22-7-17-11-12(22)19-14(15)20-13(11)24/h7,9-10,23H,2-6,8H2,1H3,(H3,15,19,20,24). The van der Waals surface area contributed by atoms with E-state index in [-0.39, 0.29) is 37.3 Å². The van der Waals surface area contributed by atoms with Crippen LogP contribution in [0.5, 0.6) is 0 Å². The van der Waals surface area contributed by atoms with E-state index in [9.17, 15) is 9.90 Å². The number of imidazole rings is 1. The number of aromatic amines is 1. The number of anilines is 1. The van der Waals surface area contributed by atoms with Crippen LogP contribution in [0.1, 0.15) is 13.3 Å². The van der Waals surface area contributed by atoms with Crippen LogP contribution >= 0.6 is 0 Å². The van der Waals surface area contributed by atoms with Crippen molar-refractivity contribution in [3.05, 3.63) is 27.1 Å². The van der Waals surface area contributed by atoms with Crippen molar-refractivity contribution in [3.63, 3.8) is 0 Å². The molecule has 12 heteroatoms. The quantitative estimate of drug-likeness (QED) is 0.292. The fourth-order valence-corrected chi connectivity index (χ4v) is 2.23. The highest BCUT2D eigenvalue weighted by molar-refractivity contribution is 5.70. The van der Waals surface area contributed by atoms with E-state index in [1.807, 2.05) is 6.92 Å². The lowest BCUT2D eigenvalue weighted by molar-refractivity contribution is -0.0705. The largest absolute Gasteiger partial charge is 0.394 e. The van der Waals surface area contributed by atoms with E-state index < -0.39 is 11.7 Å². The highest BCUT2D eigenvalue weighted by Crippen LogP contribution is 2.08. The van der Waals surface area contributed by atoms with E-state index in [0.717, 1.165) is 6.42 Å². The normalized spacial score (nSPS) is 13.5. The van der Waals surface area contributed by atoms with Crippen molar-refractivity contribution < 1.29 is 14.6 Å². The van der Waals surface area contributed by atoms with Crippen molar-refractivity contribution in [1.29, 1.82) is 0 Å². The van der Waals surface area contributed by atoms with Gasteiger partial charge >= 0.3 is 5.56 Å². The summed E-state index contributed by atoms with van der Waals surface area (Å²) in [4.78, 5) is 24.7. The van der Waals surface area contributed by atoms with Crippen LogP contribution in [0.2, 0.25) is 0 Å². The van der Waals surface area contributed by atoms with Crippen molar-refractivity contribution in [2.45, 2.75) is 26.2 Å². The molecule has 0 spiro atoms. The summed E-state index contributed by atoms with van der Waals surface area (Å²) in [5, 5.41) is 12.9. The first kappa shape index (κ1) is 19.7. The lowest BCUT2D eigenvalue weighted by Gasteiger charge is -2.18. The monoisotopic (exact) mass is 366 g/mol. The molecule has 0 amide bonds. The van der Waals surface area contributed by atoms with Crippen molar-refractivity contribution in [2.75, 3.05) is 32.1 Å². The summed E-state index contributed by atoms with van der Waals surface area (Å²) in [5.41, 5.74) is 13.8. The van der Waals surface area contributed by atoms with Gasteiger partial charge in [0.15, 0.2) is 5.52 Å². The van der Waals surface area contributed by atoms with Crippen molar-refractivity contribution in [2.24, 2.45) is 11.0 Å².